The van der Waals surface area contributed by atoms with Crippen LogP contribution in [0, 0.1) is 0 Å². The molecule has 0 aliphatic rings. The Labute approximate surface area is 161 Å². The molecule has 0 radical (unpaired) electrons. The van der Waals surface area contributed by atoms with E-state index in [4.69, 9.17) is 4.74 Å². The quantitative estimate of drug-likeness (QED) is 0.480. The number of nitrogens with one attached hydrogen (secondary N) is 3. The summed E-state index contributed by atoms with van der Waals surface area (Å²) in [6, 6.07) is 17.4. The number of aromatic amines is 1. The molecule has 0 spiro atoms. The third-order valence-corrected chi connectivity index (χ3v) is 4.27. The van der Waals surface area contributed by atoms with Crippen LogP contribution in [-0.2, 0) is 6.54 Å². The van der Waals surface area contributed by atoms with Crippen LogP contribution in [0.3, 0.4) is 0 Å². The van der Waals surface area contributed by atoms with E-state index in [1.165, 1.54) is 12.4 Å². The van der Waals surface area contributed by atoms with Crippen LogP contribution in [0.15, 0.2) is 67.0 Å². The molecule has 0 aliphatic heterocycles. The zero-order chi connectivity index (χ0) is 19.3. The lowest BCUT2D eigenvalue weighted by molar-refractivity contribution is 0.0950. The number of nitrogens with zero attached hydrogens (tertiary/aromatic N) is 2. The fourth-order valence-corrected chi connectivity index (χ4v) is 2.83. The summed E-state index contributed by atoms with van der Waals surface area (Å²) in [4.78, 5) is 24.0. The van der Waals surface area contributed by atoms with Crippen LogP contribution in [0.2, 0.25) is 0 Å². The van der Waals surface area contributed by atoms with Crippen molar-refractivity contribution in [2.24, 2.45) is 0 Å². The summed E-state index contributed by atoms with van der Waals surface area (Å²) < 4.78 is 5.23. The highest BCUT2D eigenvalue weighted by molar-refractivity contribution is 5.93. The van der Waals surface area contributed by atoms with E-state index in [0.29, 0.717) is 18.1 Å². The number of methoxy groups -OCH3 is 1. The van der Waals surface area contributed by atoms with Crippen molar-refractivity contribution < 1.29 is 9.53 Å². The van der Waals surface area contributed by atoms with Crippen molar-refractivity contribution in [1.82, 2.24) is 20.3 Å². The molecule has 3 N–H and O–H groups in total. The van der Waals surface area contributed by atoms with Gasteiger partial charge in [0, 0.05) is 34.7 Å². The number of H-pyrrole nitrogens is 1. The van der Waals surface area contributed by atoms with Gasteiger partial charge in [-0.25, -0.2) is 9.97 Å². The first-order chi connectivity index (χ1) is 13.7. The van der Waals surface area contributed by atoms with E-state index in [1.54, 1.807) is 7.11 Å². The van der Waals surface area contributed by atoms with Crippen molar-refractivity contribution in [3.8, 4) is 5.75 Å². The van der Waals surface area contributed by atoms with Crippen molar-refractivity contribution in [1.29, 1.82) is 0 Å². The Kier molecular flexibility index (Phi) is 4.88. The molecule has 0 fully saturated rings. The van der Waals surface area contributed by atoms with Gasteiger partial charge in [0.05, 0.1) is 19.2 Å². The summed E-state index contributed by atoms with van der Waals surface area (Å²) in [6.45, 7) is 0.375. The lowest BCUT2D eigenvalue weighted by atomic mass is 10.2. The smallest absolute Gasteiger partial charge is 0.254 e. The van der Waals surface area contributed by atoms with Gasteiger partial charge in [0.1, 0.15) is 5.75 Å². The summed E-state index contributed by atoms with van der Waals surface area (Å²) in [7, 11) is 1.64. The molecule has 0 bridgehead atoms. The zero-order valence-electron chi connectivity index (χ0n) is 15.3. The predicted octanol–water partition coefficient (Wildman–Crippen LogP) is 3.64. The van der Waals surface area contributed by atoms with Crippen LogP contribution >= 0.6 is 0 Å². The van der Waals surface area contributed by atoms with Crippen molar-refractivity contribution >= 4 is 28.4 Å². The average Bonchev–Trinajstić information content (AvgIpc) is 3.15. The monoisotopic (exact) mass is 373 g/mol. The molecule has 4 rings (SSSR count). The van der Waals surface area contributed by atoms with E-state index < -0.39 is 0 Å². The molecule has 1 amide bonds. The topological polar surface area (TPSA) is 91.9 Å². The highest BCUT2D eigenvalue weighted by atomic mass is 16.5. The Morgan fingerprint density at radius 3 is 2.61 bits per heavy atom. The molecule has 7 heteroatoms. The molecule has 0 aliphatic carbocycles. The van der Waals surface area contributed by atoms with Crippen LogP contribution in [0.1, 0.15) is 16.1 Å². The summed E-state index contributed by atoms with van der Waals surface area (Å²) in [6.07, 6.45) is 3.01. The van der Waals surface area contributed by atoms with Gasteiger partial charge in [-0.2, -0.15) is 0 Å². The molecule has 2 heterocycles. The number of hydrogen-bond donors (Lipinski definition) is 3. The van der Waals surface area contributed by atoms with Gasteiger partial charge in [0.2, 0.25) is 5.95 Å². The van der Waals surface area contributed by atoms with Crippen LogP contribution in [0.4, 0.5) is 11.6 Å². The Hall–Kier alpha value is -3.87. The molecule has 140 valence electrons. The molecule has 28 heavy (non-hydrogen) atoms. The van der Waals surface area contributed by atoms with E-state index in [2.05, 4.69) is 25.6 Å². The van der Waals surface area contributed by atoms with Gasteiger partial charge < -0.3 is 20.4 Å². The standard InChI is InChI=1S/C21H19N5O2/c1-28-18-7-8-19-14(10-18)9-17(25-19)13-22-20(27)15-11-23-21(24-12-15)26-16-5-3-2-4-6-16/h2-12,25H,13H2,1H3,(H,22,27)(H,23,24,26). The normalized spacial score (nSPS) is 10.6. The highest BCUT2D eigenvalue weighted by Crippen LogP contribution is 2.21. The minimum atomic E-state index is -0.234. The Morgan fingerprint density at radius 1 is 1.07 bits per heavy atom. The SMILES string of the molecule is COc1ccc2[nH]c(CNC(=O)c3cnc(Nc4ccccc4)nc3)cc2c1. The number of benzene rings is 2. The third-order valence-electron chi connectivity index (χ3n) is 4.27. The fourth-order valence-electron chi connectivity index (χ4n) is 2.83. The van der Waals surface area contributed by atoms with Crippen LogP contribution < -0.4 is 15.4 Å². The van der Waals surface area contributed by atoms with Gasteiger partial charge in [-0.15, -0.1) is 0 Å². The lowest BCUT2D eigenvalue weighted by Gasteiger charge is -2.06. The Balaban J connectivity index is 1.38. The van der Waals surface area contributed by atoms with Crippen molar-refractivity contribution in [2.75, 3.05) is 12.4 Å². The molecule has 2 aromatic heterocycles. The zero-order valence-corrected chi connectivity index (χ0v) is 15.3. The lowest BCUT2D eigenvalue weighted by Crippen LogP contribution is -2.23. The number of rotatable bonds is 6. The molecule has 0 atom stereocenters. The third kappa shape index (κ3) is 3.93. The first kappa shape index (κ1) is 17.5. The number of amides is 1. The van der Waals surface area contributed by atoms with Crippen LogP contribution in [0.5, 0.6) is 5.75 Å². The maximum absolute atomic E-state index is 12.4. The maximum Gasteiger partial charge on any atom is 0.254 e. The van der Waals surface area contributed by atoms with E-state index >= 15 is 0 Å². The van der Waals surface area contributed by atoms with Gasteiger partial charge in [-0.1, -0.05) is 18.2 Å². The van der Waals surface area contributed by atoms with Gasteiger partial charge >= 0.3 is 0 Å². The number of fused-ring (bicyclic) bond motifs is 1. The molecular formula is C21H19N5O2. The second-order valence-corrected chi connectivity index (χ2v) is 6.22. The molecule has 0 unspecified atom stereocenters. The van der Waals surface area contributed by atoms with Gasteiger partial charge in [0.15, 0.2) is 0 Å². The second kappa shape index (κ2) is 7.79. The number of carbonyl (C=O) groups is 1. The van der Waals surface area contributed by atoms with Crippen LogP contribution in [-0.4, -0.2) is 28.0 Å². The van der Waals surface area contributed by atoms with Gasteiger partial charge in [-0.3, -0.25) is 4.79 Å². The molecule has 0 saturated heterocycles. The largest absolute Gasteiger partial charge is 0.497 e. The fraction of sp³-hybridized carbons (Fsp3) is 0.0952. The Bertz CT molecular complexity index is 1090. The summed E-state index contributed by atoms with van der Waals surface area (Å²) in [5.74, 6) is 0.998. The van der Waals surface area contributed by atoms with Gasteiger partial charge in [0.25, 0.3) is 5.91 Å². The van der Waals surface area contributed by atoms with Gasteiger partial charge in [-0.05, 0) is 36.4 Å². The number of ether oxygens (including phenoxy) is 1. The van der Waals surface area contributed by atoms with Crippen molar-refractivity contribution in [3.05, 3.63) is 78.2 Å². The number of anilines is 2. The minimum Gasteiger partial charge on any atom is -0.497 e. The van der Waals surface area contributed by atoms with E-state index in [9.17, 15) is 4.79 Å². The number of hydrogen-bond acceptors (Lipinski definition) is 5. The summed E-state index contributed by atoms with van der Waals surface area (Å²) >= 11 is 0. The molecule has 2 aromatic carbocycles. The first-order valence-electron chi connectivity index (χ1n) is 8.79. The van der Waals surface area contributed by atoms with E-state index in [-0.39, 0.29) is 5.91 Å². The Morgan fingerprint density at radius 2 is 1.86 bits per heavy atom. The minimum absolute atomic E-state index is 0.234. The maximum atomic E-state index is 12.4. The van der Waals surface area contributed by atoms with Crippen molar-refractivity contribution in [3.63, 3.8) is 0 Å². The molecule has 4 aromatic rings. The molecule has 0 saturated carbocycles. The number of aromatic nitrogens is 3. The van der Waals surface area contributed by atoms with E-state index in [1.807, 2.05) is 54.6 Å². The predicted molar refractivity (Wildman–Crippen MR) is 108 cm³/mol. The molecular weight excluding hydrogens is 354 g/mol. The summed E-state index contributed by atoms with van der Waals surface area (Å²) in [5.41, 5.74) is 3.18. The molecule has 7 nitrogen and oxygen atoms in total. The van der Waals surface area contributed by atoms with E-state index in [0.717, 1.165) is 28.0 Å². The van der Waals surface area contributed by atoms with Crippen molar-refractivity contribution in [2.45, 2.75) is 6.54 Å². The van der Waals surface area contributed by atoms with Crippen LogP contribution in [0.25, 0.3) is 10.9 Å². The highest BCUT2D eigenvalue weighted by Gasteiger charge is 2.09. The average molecular weight is 373 g/mol. The second-order valence-electron chi connectivity index (χ2n) is 6.22. The first-order valence-corrected chi connectivity index (χ1v) is 8.79. The summed E-state index contributed by atoms with van der Waals surface area (Å²) in [5, 5.41) is 6.99. The number of para-hydroxylation sites is 1. The number of carbonyl (C=O) groups excluding carboxylic acids is 1.